The van der Waals surface area contributed by atoms with Gasteiger partial charge in [-0.3, -0.25) is 0 Å². The smallest absolute Gasteiger partial charge is 0.850 e. The van der Waals surface area contributed by atoms with Crippen molar-refractivity contribution in [1.29, 1.82) is 0 Å². The Hall–Kier alpha value is 3.59. The first-order valence-electron chi connectivity index (χ1n) is 1.46. The van der Waals surface area contributed by atoms with E-state index in [1.807, 2.05) is 0 Å². The van der Waals surface area contributed by atoms with Crippen molar-refractivity contribution in [3.8, 4) is 0 Å². The van der Waals surface area contributed by atoms with E-state index in [-0.39, 0.29) is 76.9 Å². The molecule has 0 spiro atoms. The predicted molar refractivity (Wildman–Crippen MR) is 49.7 cm³/mol. The molecule has 9 radical (unpaired) electrons. The van der Waals surface area contributed by atoms with Gasteiger partial charge in [0.05, 0.1) is 0 Å². The fraction of sp³-hybridized carbons (Fsp3) is 0. The first-order valence-corrected chi connectivity index (χ1v) is 8.76. The van der Waals surface area contributed by atoms with E-state index in [1.165, 1.54) is 0 Å². The summed E-state index contributed by atoms with van der Waals surface area (Å²) in [4.78, 5) is 37.2. The summed E-state index contributed by atoms with van der Waals surface area (Å²) in [7, 11) is 0. The summed E-state index contributed by atoms with van der Waals surface area (Å²) in [6.07, 6.45) is 0. The van der Waals surface area contributed by atoms with Gasteiger partial charge in [0.25, 0.3) is 0 Å². The summed E-state index contributed by atoms with van der Waals surface area (Å²) in [6.45, 7) is 0. The van der Waals surface area contributed by atoms with Crippen LogP contribution in [0.3, 0.4) is 0 Å². The van der Waals surface area contributed by atoms with Crippen LogP contribution in [0.25, 0.3) is 0 Å². The molecule has 0 aliphatic rings. The average molecular weight is 492 g/mol. The zero-order valence-electron chi connectivity index (χ0n) is 7.62. The minimum atomic E-state index is -3.72. The summed E-state index contributed by atoms with van der Waals surface area (Å²) >= 11 is 14.6. The van der Waals surface area contributed by atoms with Crippen LogP contribution in [0.1, 0.15) is 0 Å². The molecule has 0 saturated heterocycles. The zero-order valence-corrected chi connectivity index (χ0v) is 21.6. The van der Waals surface area contributed by atoms with Crippen molar-refractivity contribution < 1.29 is 78.0 Å². The Balaban J connectivity index is -0.00000000970. The van der Waals surface area contributed by atoms with Crippen LogP contribution < -0.4 is 38.0 Å². The molecule has 0 rings (SSSR count). The first kappa shape index (κ1) is 50.4. The molecule has 0 aliphatic heterocycles. The first-order chi connectivity index (χ1) is 4.00. The molecule has 0 atom stereocenters. The van der Waals surface area contributed by atoms with Crippen LogP contribution in [-0.4, -0.2) is 0 Å². The van der Waals surface area contributed by atoms with Gasteiger partial charge in [0.15, 0.2) is 0 Å². The fourth-order valence-corrected chi connectivity index (χ4v) is 0. The Morgan fingerprint density at radius 1 is 0.625 bits per heavy atom. The number of nitrogens with zero attached hydrogens (tertiary/aromatic N) is 3. The van der Waals surface area contributed by atoms with Gasteiger partial charge in [0.1, 0.15) is 0 Å². The Labute approximate surface area is 154 Å². The summed E-state index contributed by atoms with van der Waals surface area (Å²) in [5, 5.41) is 0. The summed E-state index contributed by atoms with van der Waals surface area (Å²) in [5.41, 5.74) is -7.44. The topological polar surface area (TPSA) is 184 Å². The van der Waals surface area contributed by atoms with E-state index in [0.29, 0.717) is 0 Å². The summed E-state index contributed by atoms with van der Waals surface area (Å²) < 4.78 is 0. The van der Waals surface area contributed by atoms with Crippen LogP contribution in [0.15, 0.2) is 0 Å². The van der Waals surface area contributed by atoms with Crippen molar-refractivity contribution in [2.24, 2.45) is 0 Å². The van der Waals surface area contributed by atoms with Gasteiger partial charge in [0.2, 0.25) is 0 Å². The van der Waals surface area contributed by atoms with E-state index < -0.39 is 11.4 Å². The van der Waals surface area contributed by atoms with Gasteiger partial charge < -0.3 is 55.5 Å². The molecule has 0 aromatic heterocycles. The van der Waals surface area contributed by atoms with Gasteiger partial charge in [-0.2, -0.15) is 23.6 Å². The van der Waals surface area contributed by atoms with Gasteiger partial charge >= 0.3 is 58.4 Å². The molecule has 0 aliphatic carbocycles. The molecule has 16 heavy (non-hydrogen) atoms. The van der Waals surface area contributed by atoms with Crippen LogP contribution in [0, 0.1) is 0 Å². The Morgan fingerprint density at radius 3 is 0.625 bits per heavy atom. The van der Waals surface area contributed by atoms with E-state index in [2.05, 4.69) is 48.1 Å². The van der Waals surface area contributed by atoms with E-state index in [4.69, 9.17) is 0 Å². The van der Waals surface area contributed by atoms with Gasteiger partial charge in [-0.05, 0) is 0 Å². The summed E-state index contributed by atoms with van der Waals surface area (Å²) in [6, 6.07) is 0. The second-order valence-corrected chi connectivity index (χ2v) is 9.84. The van der Waals surface area contributed by atoms with Crippen molar-refractivity contribution in [2.45, 2.75) is 0 Å². The molecule has 0 N–H and O–H groups in total. The van der Waals surface area contributed by atoms with Gasteiger partial charge in [-0.15, -0.1) is 0 Å². The molecule has 7 nitrogen and oxygen atoms in total. The third-order valence-electron chi connectivity index (χ3n) is 0. The second kappa shape index (κ2) is 23.7. The van der Waals surface area contributed by atoms with Crippen LogP contribution in [0.2, 0.25) is 0 Å². The molecule has 0 heterocycles. The predicted octanol–water partition coefficient (Wildman–Crippen LogP) is -4.49. The average Bonchev–Trinajstić information content (AvgIpc) is 1.12. The molecule has 0 amide bonds. The standard InChI is InChI=1S/3N.2H3O2PS2.3Zn/c;;;2*1-3(2,4)5;;;/h;;;2*(H3,1,2,4,5);;;/q;;;;;3*+2/p-6. The van der Waals surface area contributed by atoms with Crippen LogP contribution in [-0.2, 0) is 107 Å². The third-order valence-corrected chi connectivity index (χ3v) is 0. The van der Waals surface area contributed by atoms with Crippen molar-refractivity contribution in [2.75, 3.05) is 0 Å². The minimum absolute atomic E-state index is 0. The minimum Gasteiger partial charge on any atom is -0.850 e. The molecule has 0 unspecified atom stereocenters. The van der Waals surface area contributed by atoms with Gasteiger partial charge in [-0.25, -0.2) is 0 Å². The number of hydrogen-bond acceptors (Lipinski definition) is 8. The Bertz CT molecular complexity index is 149. The van der Waals surface area contributed by atoms with Crippen molar-refractivity contribution in [1.82, 2.24) is 18.5 Å². The third kappa shape index (κ3) is 376. The van der Waals surface area contributed by atoms with Crippen LogP contribution in [0.5, 0.6) is 0 Å². The maximum absolute atomic E-state index is 9.29. The largest absolute Gasteiger partial charge is 2.00 e. The molecule has 0 aromatic carbocycles. The van der Waals surface area contributed by atoms with Crippen LogP contribution in [0.4, 0.5) is 0 Å². The Kier molecular flexibility index (Phi) is 74.5. The van der Waals surface area contributed by atoms with Crippen molar-refractivity contribution >= 4 is 59.5 Å². The van der Waals surface area contributed by atoms with Gasteiger partial charge in [-0.1, -0.05) is 0 Å². The van der Waals surface area contributed by atoms with E-state index in [0.717, 1.165) is 0 Å². The summed E-state index contributed by atoms with van der Waals surface area (Å²) in [5.74, 6) is 0. The molecule has 0 saturated carbocycles. The number of hydrogen-bond donors (Lipinski definition) is 0. The zero-order chi connectivity index (χ0) is 9.00. The normalized spacial score (nSPS) is 7.38. The SMILES string of the molecule is [N].[N].[N].[O-]P([O-])(=S)[S-].[O-]P([O-])(=S)[S-].[Zn+2].[Zn+2].[Zn+2]. The maximum Gasteiger partial charge on any atom is 2.00 e. The van der Waals surface area contributed by atoms with E-state index in [1.54, 1.807) is 0 Å². The van der Waals surface area contributed by atoms with Crippen LogP contribution >= 0.6 is 11.4 Å². The van der Waals surface area contributed by atoms with Crippen molar-refractivity contribution in [3.63, 3.8) is 0 Å². The van der Waals surface area contributed by atoms with E-state index >= 15 is 0 Å². The fourth-order valence-electron chi connectivity index (χ4n) is 0. The second-order valence-electron chi connectivity index (χ2n) is 0.894. The molecule has 16 heteroatoms. The number of rotatable bonds is 0. The van der Waals surface area contributed by atoms with E-state index in [9.17, 15) is 19.6 Å². The molecule has 0 aromatic rings. The molecule has 0 fully saturated rings. The molecule has 79 valence electrons. The molecule has 0 bridgehead atoms. The molecular weight excluding hydrogens is 492 g/mol. The quantitative estimate of drug-likeness (QED) is 0.184. The Morgan fingerprint density at radius 2 is 0.625 bits per heavy atom. The monoisotopic (exact) mass is 488 g/mol. The molecular formula is N3O4P2S4Zn3. The maximum atomic E-state index is 9.29. The van der Waals surface area contributed by atoms with Crippen molar-refractivity contribution in [3.05, 3.63) is 0 Å². The van der Waals surface area contributed by atoms with Gasteiger partial charge in [0, 0.05) is 18.5 Å².